The summed E-state index contributed by atoms with van der Waals surface area (Å²) in [5.74, 6) is -4.23. The number of anilines is 1. The molecule has 10 heteroatoms. The Balaban J connectivity index is 1.78. The molecule has 0 aliphatic rings. The highest BCUT2D eigenvalue weighted by molar-refractivity contribution is 9.10. The summed E-state index contributed by atoms with van der Waals surface area (Å²) in [6, 6.07) is 10.2. The van der Waals surface area contributed by atoms with Gasteiger partial charge in [0.1, 0.15) is 17.4 Å². The van der Waals surface area contributed by atoms with Crippen LogP contribution in [-0.4, -0.2) is 29.4 Å². The van der Waals surface area contributed by atoms with Gasteiger partial charge < -0.3 is 15.2 Å². The number of carbonyl (C=O) groups excluding carboxylic acids is 2. The van der Waals surface area contributed by atoms with Gasteiger partial charge in [0.15, 0.2) is 12.4 Å². The average molecular weight is 539 g/mol. The maximum atomic E-state index is 14.2. The predicted molar refractivity (Wildman–Crippen MR) is 121 cm³/mol. The summed E-state index contributed by atoms with van der Waals surface area (Å²) >= 11 is 9.13. The summed E-state index contributed by atoms with van der Waals surface area (Å²) in [6.07, 6.45) is 0. The van der Waals surface area contributed by atoms with Gasteiger partial charge in [-0.05, 0) is 55.5 Å². The van der Waals surface area contributed by atoms with Crippen LogP contribution in [0.5, 0.6) is 5.75 Å². The summed E-state index contributed by atoms with van der Waals surface area (Å²) in [5, 5.41) is 11.6. The number of hydrogen-bond acceptors (Lipinski definition) is 4. The van der Waals surface area contributed by atoms with Gasteiger partial charge in [0, 0.05) is 26.3 Å². The fourth-order valence-electron chi connectivity index (χ4n) is 2.96. The third-order valence-corrected chi connectivity index (χ3v) is 5.25. The molecular formula is C23H15BrClF2NO5. The Morgan fingerprint density at radius 1 is 1.06 bits per heavy atom. The number of halogens is 4. The van der Waals surface area contributed by atoms with Gasteiger partial charge in [-0.3, -0.25) is 9.59 Å². The van der Waals surface area contributed by atoms with E-state index in [9.17, 15) is 23.2 Å². The second kappa shape index (κ2) is 10.1. The molecule has 1 amide bonds. The molecule has 0 unspecified atom stereocenters. The van der Waals surface area contributed by atoms with Crippen LogP contribution < -0.4 is 10.1 Å². The number of aromatic carboxylic acids is 1. The molecule has 0 spiro atoms. The lowest BCUT2D eigenvalue weighted by Crippen LogP contribution is -2.22. The van der Waals surface area contributed by atoms with Crippen LogP contribution in [-0.2, 0) is 4.79 Å². The van der Waals surface area contributed by atoms with Crippen molar-refractivity contribution in [1.29, 1.82) is 0 Å². The van der Waals surface area contributed by atoms with Crippen LogP contribution in [0.2, 0.25) is 5.02 Å². The first-order valence-electron chi connectivity index (χ1n) is 9.32. The van der Waals surface area contributed by atoms with E-state index in [0.29, 0.717) is 4.47 Å². The van der Waals surface area contributed by atoms with Crippen molar-refractivity contribution in [3.8, 4) is 5.75 Å². The van der Waals surface area contributed by atoms with Crippen LogP contribution in [0.25, 0.3) is 0 Å². The molecule has 6 nitrogen and oxygen atoms in total. The smallest absolute Gasteiger partial charge is 0.338 e. The molecule has 170 valence electrons. The van der Waals surface area contributed by atoms with Crippen LogP contribution in [0.4, 0.5) is 14.5 Å². The van der Waals surface area contributed by atoms with Gasteiger partial charge in [-0.2, -0.15) is 0 Å². The molecule has 0 aliphatic carbocycles. The quantitative estimate of drug-likeness (QED) is 0.380. The Hall–Kier alpha value is -3.30. The lowest BCUT2D eigenvalue weighted by atomic mass is 10.0. The van der Waals surface area contributed by atoms with Crippen molar-refractivity contribution in [2.75, 3.05) is 11.9 Å². The van der Waals surface area contributed by atoms with Crippen molar-refractivity contribution in [2.24, 2.45) is 0 Å². The number of nitrogens with one attached hydrogen (secondary N) is 1. The Morgan fingerprint density at radius 2 is 1.79 bits per heavy atom. The number of ketones is 1. The summed E-state index contributed by atoms with van der Waals surface area (Å²) in [7, 11) is 0. The van der Waals surface area contributed by atoms with E-state index in [-0.39, 0.29) is 33.1 Å². The van der Waals surface area contributed by atoms with Crippen molar-refractivity contribution >= 4 is 50.9 Å². The van der Waals surface area contributed by atoms with Crippen molar-refractivity contribution in [2.45, 2.75) is 6.92 Å². The van der Waals surface area contributed by atoms with E-state index in [1.807, 2.05) is 0 Å². The van der Waals surface area contributed by atoms with Gasteiger partial charge in [-0.1, -0.05) is 27.5 Å². The van der Waals surface area contributed by atoms with Crippen LogP contribution in [0, 0.1) is 18.6 Å². The molecule has 3 rings (SSSR count). The molecule has 0 heterocycles. The lowest BCUT2D eigenvalue weighted by Gasteiger charge is -2.13. The largest absolute Gasteiger partial charge is 0.483 e. The first-order chi connectivity index (χ1) is 15.6. The molecule has 2 N–H and O–H groups in total. The topological polar surface area (TPSA) is 92.7 Å². The van der Waals surface area contributed by atoms with Gasteiger partial charge in [0.2, 0.25) is 0 Å². The van der Waals surface area contributed by atoms with Gasteiger partial charge in [-0.25, -0.2) is 13.6 Å². The zero-order valence-corrected chi connectivity index (χ0v) is 19.3. The highest BCUT2D eigenvalue weighted by Crippen LogP contribution is 2.27. The Kier molecular flexibility index (Phi) is 7.45. The van der Waals surface area contributed by atoms with Gasteiger partial charge in [0.25, 0.3) is 5.91 Å². The third-order valence-electron chi connectivity index (χ3n) is 4.56. The monoisotopic (exact) mass is 537 g/mol. The summed E-state index contributed by atoms with van der Waals surface area (Å²) in [4.78, 5) is 36.3. The molecule has 3 aromatic rings. The summed E-state index contributed by atoms with van der Waals surface area (Å²) < 4.78 is 33.7. The first kappa shape index (κ1) is 24.3. The molecule has 0 aliphatic heterocycles. The molecule has 3 aromatic carbocycles. The van der Waals surface area contributed by atoms with Gasteiger partial charge in [0.05, 0.1) is 11.1 Å². The zero-order valence-electron chi connectivity index (χ0n) is 16.9. The maximum Gasteiger partial charge on any atom is 0.338 e. The van der Waals surface area contributed by atoms with Gasteiger partial charge in [-0.15, -0.1) is 0 Å². The van der Waals surface area contributed by atoms with Crippen molar-refractivity contribution in [3.63, 3.8) is 0 Å². The SMILES string of the molecule is Cc1c(NC(=O)COc2ccc(Cl)cc2C(=O)c2cc(F)cc(Br)c2)ccc(C(=O)O)c1F. The second-order valence-electron chi connectivity index (χ2n) is 6.87. The zero-order chi connectivity index (χ0) is 24.3. The average Bonchev–Trinajstić information content (AvgIpc) is 2.74. The van der Waals surface area contributed by atoms with E-state index in [1.54, 1.807) is 0 Å². The molecule has 0 atom stereocenters. The number of rotatable bonds is 7. The Labute approximate surface area is 200 Å². The molecule has 0 saturated heterocycles. The highest BCUT2D eigenvalue weighted by Gasteiger charge is 2.19. The number of carboxylic acids is 1. The van der Waals surface area contributed by atoms with E-state index in [2.05, 4.69) is 21.2 Å². The van der Waals surface area contributed by atoms with Crippen molar-refractivity contribution in [3.05, 3.63) is 91.9 Å². The number of benzene rings is 3. The second-order valence-corrected chi connectivity index (χ2v) is 8.22. The predicted octanol–water partition coefficient (Wildman–Crippen LogP) is 5.64. The van der Waals surface area contributed by atoms with E-state index in [1.165, 1.54) is 43.3 Å². The Morgan fingerprint density at radius 3 is 2.45 bits per heavy atom. The number of carbonyl (C=O) groups is 3. The van der Waals surface area contributed by atoms with E-state index < -0.39 is 41.5 Å². The van der Waals surface area contributed by atoms with E-state index >= 15 is 0 Å². The molecule has 0 bridgehead atoms. The fourth-order valence-corrected chi connectivity index (χ4v) is 3.60. The van der Waals surface area contributed by atoms with Crippen LogP contribution in [0.1, 0.15) is 31.8 Å². The molecule has 33 heavy (non-hydrogen) atoms. The minimum atomic E-state index is -1.43. The lowest BCUT2D eigenvalue weighted by molar-refractivity contribution is -0.118. The molecule has 0 saturated carbocycles. The summed E-state index contributed by atoms with van der Waals surface area (Å²) in [6.45, 7) is 0.780. The third kappa shape index (κ3) is 5.74. The maximum absolute atomic E-state index is 14.2. The minimum absolute atomic E-state index is 0.0147. The normalized spacial score (nSPS) is 10.6. The van der Waals surface area contributed by atoms with Crippen molar-refractivity contribution < 1.29 is 33.0 Å². The van der Waals surface area contributed by atoms with Crippen LogP contribution >= 0.6 is 27.5 Å². The minimum Gasteiger partial charge on any atom is -0.483 e. The first-order valence-corrected chi connectivity index (χ1v) is 10.5. The van der Waals surface area contributed by atoms with Crippen LogP contribution in [0.15, 0.2) is 53.0 Å². The Bertz CT molecular complexity index is 1260. The van der Waals surface area contributed by atoms with E-state index in [0.717, 1.165) is 12.1 Å². The number of hydrogen-bond donors (Lipinski definition) is 2. The standard InChI is InChI=1S/C23H15BrClF2NO5/c1-11-18(4-3-16(21(11)27)23(31)32)28-20(29)10-33-19-5-2-14(25)9-17(19)22(30)12-6-13(24)8-15(26)7-12/h2-9H,10H2,1H3,(H,28,29)(H,31,32). The highest BCUT2D eigenvalue weighted by atomic mass is 79.9. The van der Waals surface area contributed by atoms with Crippen LogP contribution in [0.3, 0.4) is 0 Å². The van der Waals surface area contributed by atoms with Crippen molar-refractivity contribution in [1.82, 2.24) is 0 Å². The number of carboxylic acid groups (broad SMARTS) is 1. The van der Waals surface area contributed by atoms with Gasteiger partial charge >= 0.3 is 5.97 Å². The number of amides is 1. The molecule has 0 fully saturated rings. The number of ether oxygens (including phenoxy) is 1. The van der Waals surface area contributed by atoms with E-state index in [4.69, 9.17) is 21.4 Å². The fraction of sp³-hybridized carbons (Fsp3) is 0.0870. The molecule has 0 aromatic heterocycles. The molecular weight excluding hydrogens is 524 g/mol. The summed E-state index contributed by atoms with van der Waals surface area (Å²) in [5.41, 5.74) is -0.440. The molecule has 0 radical (unpaired) electrons.